The predicted molar refractivity (Wildman–Crippen MR) is 28.4 cm³/mol. The van der Waals surface area contributed by atoms with Crippen molar-refractivity contribution in [1.29, 1.82) is 0 Å². The molecule has 1 amide bonds. The smallest absolute Gasteiger partial charge is 0.238 e. The molecule has 0 aromatic carbocycles. The molecule has 0 rings (SSSR count). The van der Waals surface area contributed by atoms with Gasteiger partial charge in [0.25, 0.3) is 0 Å². The van der Waals surface area contributed by atoms with Gasteiger partial charge in [-0.15, -0.1) is 0 Å². The van der Waals surface area contributed by atoms with Gasteiger partial charge in [0.15, 0.2) is 0 Å². The summed E-state index contributed by atoms with van der Waals surface area (Å²) in [6.45, 7) is 3.26. The van der Waals surface area contributed by atoms with E-state index in [1.807, 2.05) is 9.24 Å². The lowest BCUT2D eigenvalue weighted by atomic mass is 11.0. The molecule has 0 aliphatic heterocycles. The van der Waals surface area contributed by atoms with Crippen molar-refractivity contribution in [3.8, 4) is 0 Å². The largest absolute Gasteiger partial charge is 0.330 e. The Hall–Kier alpha value is -0.360. The second-order valence-corrected chi connectivity index (χ2v) is 1.24. The highest BCUT2D eigenvalue weighted by Crippen LogP contribution is 1.78. The third kappa shape index (κ3) is 3.64. The van der Waals surface area contributed by atoms with E-state index < -0.39 is 0 Å². The highest BCUT2D eigenvalue weighted by Gasteiger charge is 1.75. The monoisotopic (exact) mass is 103 g/mol. The van der Waals surface area contributed by atoms with Gasteiger partial charge in [-0.1, -0.05) is 6.58 Å². The maximum atomic E-state index is 9.82. The van der Waals surface area contributed by atoms with E-state index in [4.69, 9.17) is 0 Å². The van der Waals surface area contributed by atoms with Crippen LogP contribution >= 0.6 is 9.24 Å². The first-order valence-electron chi connectivity index (χ1n) is 1.44. The lowest BCUT2D eigenvalue weighted by Gasteiger charge is -1.83. The first-order valence-corrected chi connectivity index (χ1v) is 2.02. The van der Waals surface area contributed by atoms with Crippen LogP contribution in [0.4, 0.5) is 4.79 Å². The molecule has 3 heteroatoms. The molecule has 0 saturated heterocycles. The number of nitrogens with one attached hydrogen (secondary N) is 1. The fraction of sp³-hybridized carbons (Fsp3) is 0. The lowest BCUT2D eigenvalue weighted by molar-refractivity contribution is 0.263. The Kier molecular flexibility index (Phi) is 2.68. The normalized spacial score (nSPS) is 6.83. The van der Waals surface area contributed by atoms with Crippen molar-refractivity contribution in [1.82, 2.24) is 5.32 Å². The Morgan fingerprint density at radius 2 is 2.50 bits per heavy atom. The maximum absolute atomic E-state index is 9.82. The summed E-state index contributed by atoms with van der Waals surface area (Å²) in [6, 6.07) is 0. The van der Waals surface area contributed by atoms with Crippen LogP contribution < -0.4 is 5.32 Å². The quantitative estimate of drug-likeness (QED) is 0.486. The minimum absolute atomic E-state index is 0.162. The highest BCUT2D eigenvalue weighted by atomic mass is 31.0. The van der Waals surface area contributed by atoms with Crippen molar-refractivity contribution in [3.63, 3.8) is 0 Å². The molecule has 0 aliphatic rings. The van der Waals surface area contributed by atoms with Crippen molar-refractivity contribution < 1.29 is 4.79 Å². The van der Waals surface area contributed by atoms with Crippen molar-refractivity contribution in [3.05, 3.63) is 12.8 Å². The molecule has 1 N–H and O–H groups in total. The summed E-state index contributed by atoms with van der Waals surface area (Å²) in [5, 5.41) is 2.30. The van der Waals surface area contributed by atoms with Crippen LogP contribution in [0.5, 0.6) is 0 Å². The summed E-state index contributed by atoms with van der Waals surface area (Å²) in [7, 11) is 1.96. The Bertz CT molecular complexity index is 71.2. The average molecular weight is 103 g/mol. The summed E-state index contributed by atoms with van der Waals surface area (Å²) in [5.74, 6) is 0. The van der Waals surface area contributed by atoms with E-state index in [0.29, 0.717) is 0 Å². The zero-order valence-corrected chi connectivity index (χ0v) is 4.42. The number of carbonyl (C=O) groups is 1. The third-order valence-electron chi connectivity index (χ3n) is 0.244. The van der Waals surface area contributed by atoms with Crippen LogP contribution in [-0.4, -0.2) is 5.65 Å². The van der Waals surface area contributed by atoms with E-state index in [1.165, 1.54) is 6.20 Å². The van der Waals surface area contributed by atoms with Gasteiger partial charge in [0.1, 0.15) is 0 Å². The fourth-order valence-electron chi connectivity index (χ4n) is 0.101. The SMILES string of the molecule is C=CNC(=O)P. The lowest BCUT2D eigenvalue weighted by Crippen LogP contribution is -2.04. The first-order chi connectivity index (χ1) is 2.77. The highest BCUT2D eigenvalue weighted by molar-refractivity contribution is 7.39. The third-order valence-corrected chi connectivity index (χ3v) is 0.411. The zero-order chi connectivity index (χ0) is 4.99. The van der Waals surface area contributed by atoms with Gasteiger partial charge in [-0.2, -0.15) is 0 Å². The molecule has 34 valence electrons. The second-order valence-electron chi connectivity index (χ2n) is 0.713. The topological polar surface area (TPSA) is 29.1 Å². The minimum atomic E-state index is -0.162. The van der Waals surface area contributed by atoms with Gasteiger partial charge in [-0.05, 0) is 15.4 Å². The first kappa shape index (κ1) is 5.64. The number of hydrogen-bond acceptors (Lipinski definition) is 1. The van der Waals surface area contributed by atoms with E-state index in [0.717, 1.165) is 0 Å². The number of amides is 1. The molecular weight excluding hydrogens is 97.0 g/mol. The van der Waals surface area contributed by atoms with Crippen molar-refractivity contribution in [2.75, 3.05) is 0 Å². The second kappa shape index (κ2) is 2.86. The summed E-state index contributed by atoms with van der Waals surface area (Å²) in [5.41, 5.74) is -0.162. The summed E-state index contributed by atoms with van der Waals surface area (Å²) < 4.78 is 0. The number of rotatable bonds is 1. The van der Waals surface area contributed by atoms with Gasteiger partial charge < -0.3 is 5.32 Å². The average Bonchev–Trinajstić information content (AvgIpc) is 1.35. The molecule has 1 unspecified atom stereocenters. The standard InChI is InChI=1S/C3H6NOP/c1-2-4-3(5)6/h2H,1,6H2,(H,4,5). The Balaban J connectivity index is 3.05. The molecule has 0 radical (unpaired) electrons. The summed E-state index contributed by atoms with van der Waals surface area (Å²) in [4.78, 5) is 9.82. The molecule has 0 saturated carbocycles. The molecule has 0 aromatic heterocycles. The van der Waals surface area contributed by atoms with Gasteiger partial charge >= 0.3 is 0 Å². The molecule has 2 nitrogen and oxygen atoms in total. The fourth-order valence-corrected chi connectivity index (χ4v) is 0.218. The molecule has 6 heavy (non-hydrogen) atoms. The molecule has 0 aliphatic carbocycles. The van der Waals surface area contributed by atoms with E-state index in [1.54, 1.807) is 0 Å². The zero-order valence-electron chi connectivity index (χ0n) is 3.27. The summed E-state index contributed by atoms with van der Waals surface area (Å²) >= 11 is 0. The molecule has 0 fully saturated rings. The molecule has 1 atom stereocenters. The van der Waals surface area contributed by atoms with Gasteiger partial charge in [-0.25, -0.2) is 0 Å². The van der Waals surface area contributed by atoms with Crippen LogP contribution in [0, 0.1) is 0 Å². The number of hydrogen-bond donors (Lipinski definition) is 1. The Morgan fingerprint density at radius 3 is 2.50 bits per heavy atom. The molecule has 0 bridgehead atoms. The van der Waals surface area contributed by atoms with Gasteiger partial charge in [0, 0.05) is 0 Å². The maximum Gasteiger partial charge on any atom is 0.238 e. The van der Waals surface area contributed by atoms with Crippen LogP contribution in [0.1, 0.15) is 0 Å². The molecular formula is C3H6NOP. The van der Waals surface area contributed by atoms with E-state index in [-0.39, 0.29) is 5.65 Å². The minimum Gasteiger partial charge on any atom is -0.330 e. The van der Waals surface area contributed by atoms with Gasteiger partial charge in [-0.3, -0.25) is 4.79 Å². The molecule has 0 aromatic rings. The molecule has 0 heterocycles. The van der Waals surface area contributed by atoms with E-state index in [2.05, 4.69) is 11.9 Å². The van der Waals surface area contributed by atoms with Gasteiger partial charge in [0.05, 0.1) is 0 Å². The van der Waals surface area contributed by atoms with E-state index >= 15 is 0 Å². The van der Waals surface area contributed by atoms with Crippen LogP contribution in [-0.2, 0) is 0 Å². The van der Waals surface area contributed by atoms with Crippen LogP contribution in [0.2, 0.25) is 0 Å². The van der Waals surface area contributed by atoms with Gasteiger partial charge in [0.2, 0.25) is 5.65 Å². The predicted octanol–water partition coefficient (Wildman–Crippen LogP) is 0.715. The van der Waals surface area contributed by atoms with Crippen LogP contribution in [0.3, 0.4) is 0 Å². The number of carbonyl (C=O) groups excluding carboxylic acids is 1. The Morgan fingerprint density at radius 1 is 2.00 bits per heavy atom. The Labute approximate surface area is 38.8 Å². The molecule has 0 spiro atoms. The van der Waals surface area contributed by atoms with Crippen LogP contribution in [0.25, 0.3) is 0 Å². The summed E-state index contributed by atoms with van der Waals surface area (Å²) in [6.07, 6.45) is 1.33. The van der Waals surface area contributed by atoms with Crippen molar-refractivity contribution in [2.24, 2.45) is 0 Å². The van der Waals surface area contributed by atoms with Crippen LogP contribution in [0.15, 0.2) is 12.8 Å². The van der Waals surface area contributed by atoms with Crippen molar-refractivity contribution in [2.45, 2.75) is 0 Å². The van der Waals surface area contributed by atoms with E-state index in [9.17, 15) is 4.79 Å². The van der Waals surface area contributed by atoms with Crippen molar-refractivity contribution >= 4 is 14.9 Å².